The Hall–Kier alpha value is -0.970. The third kappa shape index (κ3) is 4.00. The average Bonchev–Trinajstić information content (AvgIpc) is 2.33. The van der Waals surface area contributed by atoms with Gasteiger partial charge in [-0.25, -0.2) is 4.39 Å². The first-order valence-electron chi connectivity index (χ1n) is 7.06. The number of nitrogens with zero attached hydrogens (tertiary/aromatic N) is 1. The van der Waals surface area contributed by atoms with E-state index in [2.05, 4.69) is 4.90 Å². The second-order valence-electron chi connectivity index (χ2n) is 5.30. The standard InChI is InChI=1S/C15H23FN2O/c16-14-8-12(10-17)7-13(9-14)11-18(5-2-6-19)15-3-1-4-15/h7-9,15,19H,1-6,10-11,17H2. The number of hydrogen-bond donors (Lipinski definition) is 2. The molecule has 0 aromatic heterocycles. The van der Waals surface area contributed by atoms with Crippen molar-refractivity contribution >= 4 is 0 Å². The second kappa shape index (κ2) is 6.98. The van der Waals surface area contributed by atoms with E-state index in [1.54, 1.807) is 6.07 Å². The fraction of sp³-hybridized carbons (Fsp3) is 0.600. The van der Waals surface area contributed by atoms with Crippen LogP contribution >= 0.6 is 0 Å². The zero-order valence-corrected chi connectivity index (χ0v) is 11.3. The summed E-state index contributed by atoms with van der Waals surface area (Å²) in [5.41, 5.74) is 7.40. The van der Waals surface area contributed by atoms with Gasteiger partial charge >= 0.3 is 0 Å². The Balaban J connectivity index is 2.04. The highest BCUT2D eigenvalue weighted by Crippen LogP contribution is 2.26. The molecule has 0 saturated heterocycles. The molecule has 0 bridgehead atoms. The predicted octanol–water partition coefficient (Wildman–Crippen LogP) is 2.02. The quantitative estimate of drug-likeness (QED) is 0.794. The van der Waals surface area contributed by atoms with Crippen molar-refractivity contribution < 1.29 is 9.50 Å². The van der Waals surface area contributed by atoms with Crippen LogP contribution in [0.15, 0.2) is 18.2 Å². The van der Waals surface area contributed by atoms with Crippen molar-refractivity contribution in [2.75, 3.05) is 13.2 Å². The largest absolute Gasteiger partial charge is 0.396 e. The molecule has 3 N–H and O–H groups in total. The Bertz CT molecular complexity index is 407. The van der Waals surface area contributed by atoms with Gasteiger partial charge in [0.2, 0.25) is 0 Å². The van der Waals surface area contributed by atoms with E-state index in [9.17, 15) is 4.39 Å². The molecule has 1 fully saturated rings. The maximum Gasteiger partial charge on any atom is 0.123 e. The molecule has 3 nitrogen and oxygen atoms in total. The first-order valence-corrected chi connectivity index (χ1v) is 7.06. The van der Waals surface area contributed by atoms with Gasteiger partial charge in [-0.3, -0.25) is 4.90 Å². The van der Waals surface area contributed by atoms with E-state index >= 15 is 0 Å². The summed E-state index contributed by atoms with van der Waals surface area (Å²) in [5.74, 6) is -0.214. The van der Waals surface area contributed by atoms with Gasteiger partial charge in [0.25, 0.3) is 0 Å². The van der Waals surface area contributed by atoms with Crippen molar-refractivity contribution in [2.24, 2.45) is 5.73 Å². The van der Waals surface area contributed by atoms with Crippen molar-refractivity contribution in [3.05, 3.63) is 35.1 Å². The van der Waals surface area contributed by atoms with Gasteiger partial charge in [-0.05, 0) is 42.5 Å². The molecule has 0 aliphatic heterocycles. The van der Waals surface area contributed by atoms with E-state index in [4.69, 9.17) is 10.8 Å². The Labute approximate surface area is 114 Å². The molecule has 0 unspecified atom stereocenters. The molecule has 1 aliphatic carbocycles. The summed E-state index contributed by atoms with van der Waals surface area (Å²) in [6.07, 6.45) is 4.47. The third-order valence-corrected chi connectivity index (χ3v) is 3.83. The molecular formula is C15H23FN2O. The highest BCUT2D eigenvalue weighted by molar-refractivity contribution is 5.24. The number of rotatable bonds is 7. The van der Waals surface area contributed by atoms with Crippen molar-refractivity contribution in [2.45, 2.75) is 44.8 Å². The summed E-state index contributed by atoms with van der Waals surface area (Å²) in [7, 11) is 0. The lowest BCUT2D eigenvalue weighted by Gasteiger charge is -2.37. The minimum Gasteiger partial charge on any atom is -0.396 e. The zero-order valence-electron chi connectivity index (χ0n) is 11.3. The Morgan fingerprint density at radius 3 is 2.58 bits per heavy atom. The fourth-order valence-electron chi connectivity index (χ4n) is 2.58. The van der Waals surface area contributed by atoms with Crippen LogP contribution in [0.2, 0.25) is 0 Å². The maximum atomic E-state index is 13.5. The van der Waals surface area contributed by atoms with Crippen LogP contribution in [-0.2, 0) is 13.1 Å². The minimum atomic E-state index is -0.214. The second-order valence-corrected chi connectivity index (χ2v) is 5.30. The Morgan fingerprint density at radius 2 is 2.00 bits per heavy atom. The first-order chi connectivity index (χ1) is 9.22. The SMILES string of the molecule is NCc1cc(F)cc(CN(CCCO)C2CCC2)c1. The van der Waals surface area contributed by atoms with Gasteiger partial charge in [-0.2, -0.15) is 0 Å². The molecular weight excluding hydrogens is 243 g/mol. The molecule has 2 rings (SSSR count). The predicted molar refractivity (Wildman–Crippen MR) is 74.0 cm³/mol. The summed E-state index contributed by atoms with van der Waals surface area (Å²) in [5, 5.41) is 8.98. The topological polar surface area (TPSA) is 49.5 Å². The van der Waals surface area contributed by atoms with E-state index in [1.807, 2.05) is 6.07 Å². The minimum absolute atomic E-state index is 0.209. The summed E-state index contributed by atoms with van der Waals surface area (Å²) in [6, 6.07) is 5.65. The molecule has 19 heavy (non-hydrogen) atoms. The van der Waals surface area contributed by atoms with Gasteiger partial charge in [0.05, 0.1) is 0 Å². The van der Waals surface area contributed by atoms with Gasteiger partial charge < -0.3 is 10.8 Å². The normalized spacial score (nSPS) is 15.8. The number of nitrogens with two attached hydrogens (primary N) is 1. The lowest BCUT2D eigenvalue weighted by Crippen LogP contribution is -2.40. The molecule has 4 heteroatoms. The van der Waals surface area contributed by atoms with Crippen LogP contribution in [0.25, 0.3) is 0 Å². The fourth-order valence-corrected chi connectivity index (χ4v) is 2.58. The van der Waals surface area contributed by atoms with Crippen LogP contribution in [0.5, 0.6) is 0 Å². The van der Waals surface area contributed by atoms with Crippen molar-refractivity contribution in [1.29, 1.82) is 0 Å². The van der Waals surface area contributed by atoms with E-state index in [0.29, 0.717) is 12.6 Å². The molecule has 0 atom stereocenters. The first kappa shape index (κ1) is 14.4. The van der Waals surface area contributed by atoms with E-state index in [-0.39, 0.29) is 12.4 Å². The summed E-state index contributed by atoms with van der Waals surface area (Å²) in [6.45, 7) is 2.19. The van der Waals surface area contributed by atoms with Crippen molar-refractivity contribution in [1.82, 2.24) is 4.90 Å². The van der Waals surface area contributed by atoms with Crippen LogP contribution in [-0.4, -0.2) is 29.2 Å². The monoisotopic (exact) mass is 266 g/mol. The van der Waals surface area contributed by atoms with E-state index in [1.165, 1.54) is 25.3 Å². The molecule has 1 saturated carbocycles. The molecule has 0 spiro atoms. The maximum absolute atomic E-state index is 13.5. The molecule has 0 heterocycles. The van der Waals surface area contributed by atoms with Gasteiger partial charge in [0, 0.05) is 32.3 Å². The molecule has 1 aliphatic rings. The van der Waals surface area contributed by atoms with Crippen molar-refractivity contribution in [3.63, 3.8) is 0 Å². The number of aliphatic hydroxyl groups is 1. The molecule has 1 aromatic carbocycles. The van der Waals surface area contributed by atoms with Crippen LogP contribution in [0, 0.1) is 5.82 Å². The zero-order chi connectivity index (χ0) is 13.7. The summed E-state index contributed by atoms with van der Waals surface area (Å²) >= 11 is 0. The van der Waals surface area contributed by atoms with Crippen molar-refractivity contribution in [3.8, 4) is 0 Å². The number of hydrogen-bond acceptors (Lipinski definition) is 3. The number of halogens is 1. The Morgan fingerprint density at radius 1 is 1.26 bits per heavy atom. The van der Waals surface area contributed by atoms with E-state index in [0.717, 1.165) is 30.6 Å². The van der Waals surface area contributed by atoms with Gasteiger partial charge in [-0.15, -0.1) is 0 Å². The molecule has 106 valence electrons. The Kier molecular flexibility index (Phi) is 5.31. The molecule has 0 radical (unpaired) electrons. The van der Waals surface area contributed by atoms with Gasteiger partial charge in [-0.1, -0.05) is 12.5 Å². The summed E-state index contributed by atoms with van der Waals surface area (Å²) in [4.78, 5) is 2.36. The van der Waals surface area contributed by atoms with Crippen LogP contribution in [0.4, 0.5) is 4.39 Å². The number of aliphatic hydroxyl groups excluding tert-OH is 1. The summed E-state index contributed by atoms with van der Waals surface area (Å²) < 4.78 is 13.5. The molecule has 1 aromatic rings. The molecule has 0 amide bonds. The van der Waals surface area contributed by atoms with Gasteiger partial charge in [0.15, 0.2) is 0 Å². The highest BCUT2D eigenvalue weighted by Gasteiger charge is 2.24. The lowest BCUT2D eigenvalue weighted by molar-refractivity contribution is 0.109. The van der Waals surface area contributed by atoms with Crippen LogP contribution in [0.3, 0.4) is 0 Å². The number of benzene rings is 1. The third-order valence-electron chi connectivity index (χ3n) is 3.83. The van der Waals surface area contributed by atoms with Crippen LogP contribution in [0.1, 0.15) is 36.8 Å². The highest BCUT2D eigenvalue weighted by atomic mass is 19.1. The lowest BCUT2D eigenvalue weighted by atomic mass is 9.91. The van der Waals surface area contributed by atoms with Crippen LogP contribution < -0.4 is 5.73 Å². The average molecular weight is 266 g/mol. The van der Waals surface area contributed by atoms with E-state index < -0.39 is 0 Å². The van der Waals surface area contributed by atoms with Gasteiger partial charge in [0.1, 0.15) is 5.82 Å². The smallest absolute Gasteiger partial charge is 0.123 e.